The Hall–Kier alpha value is -2.58. The van der Waals surface area contributed by atoms with Gasteiger partial charge in [0.15, 0.2) is 0 Å². The monoisotopic (exact) mass is 535 g/mol. The number of carbonyl (C=O) groups is 2. The van der Waals surface area contributed by atoms with Crippen molar-refractivity contribution < 1.29 is 18.0 Å². The summed E-state index contributed by atoms with van der Waals surface area (Å²) >= 11 is 6.36. The molecule has 9 heteroatoms. The minimum absolute atomic E-state index is 0.0651. The number of benzene rings is 2. The zero-order valence-corrected chi connectivity index (χ0v) is 23.6. The Kier molecular flexibility index (Phi) is 10.8. The molecule has 0 heterocycles. The van der Waals surface area contributed by atoms with Gasteiger partial charge >= 0.3 is 0 Å². The van der Waals surface area contributed by atoms with Gasteiger partial charge in [0, 0.05) is 30.6 Å². The Labute approximate surface area is 220 Å². The lowest BCUT2D eigenvalue weighted by molar-refractivity contribution is -0.141. The maximum Gasteiger partial charge on any atom is 0.243 e. The Balaban J connectivity index is 2.26. The summed E-state index contributed by atoms with van der Waals surface area (Å²) in [6.45, 7) is 9.78. The second kappa shape index (κ2) is 13.1. The lowest BCUT2D eigenvalue weighted by atomic mass is 10.1. The first kappa shape index (κ1) is 29.6. The van der Waals surface area contributed by atoms with Gasteiger partial charge in [0.05, 0.1) is 11.9 Å². The second-order valence-electron chi connectivity index (χ2n) is 9.36. The van der Waals surface area contributed by atoms with E-state index in [9.17, 15) is 18.0 Å². The lowest BCUT2D eigenvalue weighted by Crippen LogP contribution is -2.50. The minimum atomic E-state index is -3.55. The van der Waals surface area contributed by atoms with Crippen molar-refractivity contribution >= 4 is 39.1 Å². The standard InChI is InChI=1S/C27H38ClN3O4S/c1-7-24(27(33)29-19(2)3)30(18-22-13-8-9-14-23(22)28)26(32)16-11-17-31(36(6,34)35)25-15-10-12-20(4)21(25)5/h8-10,12-15,19,24H,7,11,16-18H2,1-6H3,(H,29,33)/t24-/m1/s1. The van der Waals surface area contributed by atoms with Gasteiger partial charge in [-0.25, -0.2) is 8.42 Å². The van der Waals surface area contributed by atoms with Crippen LogP contribution in [0.25, 0.3) is 0 Å². The molecule has 0 radical (unpaired) electrons. The molecule has 2 amide bonds. The molecular formula is C27H38ClN3O4S. The third-order valence-electron chi connectivity index (χ3n) is 6.11. The molecule has 0 fully saturated rings. The maximum atomic E-state index is 13.5. The highest BCUT2D eigenvalue weighted by Gasteiger charge is 2.29. The number of sulfonamides is 1. The first-order valence-corrected chi connectivity index (χ1v) is 14.5. The van der Waals surface area contributed by atoms with Gasteiger partial charge in [0.1, 0.15) is 6.04 Å². The van der Waals surface area contributed by atoms with Crippen LogP contribution in [0.4, 0.5) is 5.69 Å². The van der Waals surface area contributed by atoms with Crippen LogP contribution in [0.15, 0.2) is 42.5 Å². The topological polar surface area (TPSA) is 86.8 Å². The van der Waals surface area contributed by atoms with E-state index in [1.807, 2.05) is 65.0 Å². The number of aryl methyl sites for hydroxylation is 1. The predicted molar refractivity (Wildman–Crippen MR) is 147 cm³/mol. The highest BCUT2D eigenvalue weighted by atomic mass is 35.5. The fourth-order valence-electron chi connectivity index (χ4n) is 4.10. The first-order chi connectivity index (χ1) is 16.9. The molecule has 0 aliphatic carbocycles. The van der Waals surface area contributed by atoms with E-state index in [0.29, 0.717) is 23.6 Å². The quantitative estimate of drug-likeness (QED) is 0.421. The third kappa shape index (κ3) is 7.96. The van der Waals surface area contributed by atoms with Crippen LogP contribution in [0.5, 0.6) is 0 Å². The molecule has 1 N–H and O–H groups in total. The molecule has 2 aromatic rings. The van der Waals surface area contributed by atoms with Crippen molar-refractivity contribution in [3.05, 3.63) is 64.2 Å². The van der Waals surface area contributed by atoms with Gasteiger partial charge in [0.2, 0.25) is 21.8 Å². The Morgan fingerprint density at radius 2 is 1.72 bits per heavy atom. The van der Waals surface area contributed by atoms with Crippen LogP contribution in [0, 0.1) is 13.8 Å². The molecule has 0 unspecified atom stereocenters. The normalized spacial score (nSPS) is 12.3. The van der Waals surface area contributed by atoms with Gasteiger partial charge in [-0.2, -0.15) is 0 Å². The summed E-state index contributed by atoms with van der Waals surface area (Å²) in [5.41, 5.74) is 3.23. The van der Waals surface area contributed by atoms with Gasteiger partial charge in [-0.1, -0.05) is 48.9 Å². The van der Waals surface area contributed by atoms with Crippen LogP contribution in [0.1, 0.15) is 56.7 Å². The number of carbonyl (C=O) groups excluding carboxylic acids is 2. The number of hydrogen-bond acceptors (Lipinski definition) is 4. The number of anilines is 1. The molecule has 0 aliphatic rings. The Bertz CT molecular complexity index is 1170. The van der Waals surface area contributed by atoms with E-state index >= 15 is 0 Å². The van der Waals surface area contributed by atoms with Gasteiger partial charge in [-0.3, -0.25) is 13.9 Å². The van der Waals surface area contributed by atoms with Crippen molar-refractivity contribution in [3.8, 4) is 0 Å². The van der Waals surface area contributed by atoms with E-state index in [1.54, 1.807) is 17.0 Å². The fourth-order valence-corrected chi connectivity index (χ4v) is 5.31. The summed E-state index contributed by atoms with van der Waals surface area (Å²) < 4.78 is 26.5. The number of amides is 2. The summed E-state index contributed by atoms with van der Waals surface area (Å²) in [5.74, 6) is -0.448. The molecule has 36 heavy (non-hydrogen) atoms. The second-order valence-corrected chi connectivity index (χ2v) is 11.7. The number of nitrogens with one attached hydrogen (secondary N) is 1. The predicted octanol–water partition coefficient (Wildman–Crippen LogP) is 4.84. The van der Waals surface area contributed by atoms with Crippen LogP contribution < -0.4 is 9.62 Å². The number of hydrogen-bond donors (Lipinski definition) is 1. The average Bonchev–Trinajstić information content (AvgIpc) is 2.78. The molecule has 7 nitrogen and oxygen atoms in total. The fraction of sp³-hybridized carbons (Fsp3) is 0.481. The molecule has 198 valence electrons. The molecule has 2 rings (SSSR count). The van der Waals surface area contributed by atoms with Crippen LogP contribution in [0.2, 0.25) is 5.02 Å². The molecule has 0 spiro atoms. The van der Waals surface area contributed by atoms with Crippen molar-refractivity contribution in [2.75, 3.05) is 17.1 Å². The molecule has 0 aliphatic heterocycles. The first-order valence-electron chi connectivity index (χ1n) is 12.2. The van der Waals surface area contributed by atoms with E-state index in [4.69, 9.17) is 11.6 Å². The van der Waals surface area contributed by atoms with E-state index in [1.165, 1.54) is 10.6 Å². The molecule has 0 aromatic heterocycles. The van der Waals surface area contributed by atoms with Crippen molar-refractivity contribution in [2.45, 2.75) is 72.5 Å². The molecule has 0 bridgehead atoms. The number of nitrogens with zero attached hydrogens (tertiary/aromatic N) is 2. The van der Waals surface area contributed by atoms with Gasteiger partial charge in [0.25, 0.3) is 0 Å². The summed E-state index contributed by atoms with van der Waals surface area (Å²) in [4.78, 5) is 28.0. The zero-order valence-electron chi connectivity index (χ0n) is 22.0. The number of halogens is 1. The van der Waals surface area contributed by atoms with Crippen LogP contribution in [-0.2, 0) is 26.2 Å². The lowest BCUT2D eigenvalue weighted by Gasteiger charge is -2.32. The van der Waals surface area contributed by atoms with Gasteiger partial charge in [-0.05, 0) is 69.4 Å². The molecule has 2 aromatic carbocycles. The van der Waals surface area contributed by atoms with E-state index < -0.39 is 16.1 Å². The van der Waals surface area contributed by atoms with Crippen molar-refractivity contribution in [3.63, 3.8) is 0 Å². The van der Waals surface area contributed by atoms with Crippen molar-refractivity contribution in [1.29, 1.82) is 0 Å². The molecule has 0 saturated carbocycles. The van der Waals surface area contributed by atoms with Gasteiger partial charge < -0.3 is 10.2 Å². The minimum Gasteiger partial charge on any atom is -0.352 e. The van der Waals surface area contributed by atoms with Crippen molar-refractivity contribution in [2.24, 2.45) is 0 Å². The third-order valence-corrected chi connectivity index (χ3v) is 7.66. The summed E-state index contributed by atoms with van der Waals surface area (Å²) in [7, 11) is -3.55. The Morgan fingerprint density at radius 3 is 2.31 bits per heavy atom. The summed E-state index contributed by atoms with van der Waals surface area (Å²) in [6.07, 6.45) is 2.00. The SMILES string of the molecule is CC[C@H](C(=O)NC(C)C)N(Cc1ccccc1Cl)C(=O)CCCN(c1cccc(C)c1C)S(C)(=O)=O. The van der Waals surface area contributed by atoms with Crippen LogP contribution in [0.3, 0.4) is 0 Å². The maximum absolute atomic E-state index is 13.5. The van der Waals surface area contributed by atoms with Gasteiger partial charge in [-0.15, -0.1) is 0 Å². The number of rotatable bonds is 12. The van der Waals surface area contributed by atoms with Crippen molar-refractivity contribution in [1.82, 2.24) is 10.2 Å². The molecule has 0 saturated heterocycles. The van der Waals surface area contributed by atoms with E-state index in [2.05, 4.69) is 5.32 Å². The smallest absolute Gasteiger partial charge is 0.243 e. The van der Waals surface area contributed by atoms with E-state index in [-0.39, 0.29) is 37.4 Å². The van der Waals surface area contributed by atoms with E-state index in [0.717, 1.165) is 16.7 Å². The Morgan fingerprint density at radius 1 is 1.06 bits per heavy atom. The van der Waals surface area contributed by atoms with Crippen LogP contribution >= 0.6 is 11.6 Å². The molecule has 1 atom stereocenters. The zero-order chi connectivity index (χ0) is 27.0. The van der Waals surface area contributed by atoms with Crippen LogP contribution in [-0.4, -0.2) is 50.0 Å². The summed E-state index contributed by atoms with van der Waals surface area (Å²) in [5, 5.41) is 3.42. The summed E-state index contributed by atoms with van der Waals surface area (Å²) in [6, 6.07) is 12.0. The highest BCUT2D eigenvalue weighted by Crippen LogP contribution is 2.26. The molecular weight excluding hydrogens is 498 g/mol. The average molecular weight is 536 g/mol. The highest BCUT2D eigenvalue weighted by molar-refractivity contribution is 7.92. The largest absolute Gasteiger partial charge is 0.352 e.